The van der Waals surface area contributed by atoms with Gasteiger partial charge in [0, 0.05) is 12.2 Å². The second-order valence-corrected chi connectivity index (χ2v) is 6.60. The van der Waals surface area contributed by atoms with Crippen LogP contribution in [0.4, 0.5) is 10.1 Å². The molecule has 0 aromatic heterocycles. The molecule has 2 N–H and O–H groups in total. The number of rotatable bonds is 5. The zero-order valence-corrected chi connectivity index (χ0v) is 11.2. The molecular weight excluding hydrogens is 267 g/mol. The topological polar surface area (TPSA) is 63.4 Å². The van der Waals surface area contributed by atoms with Crippen molar-refractivity contribution in [3.8, 4) is 12.3 Å². The molecule has 6 heteroatoms. The lowest BCUT2D eigenvalue weighted by molar-refractivity contribution is 0.429. The number of terminal acetylenes is 1. The van der Waals surface area contributed by atoms with Crippen LogP contribution < -0.4 is 5.73 Å². The van der Waals surface area contributed by atoms with Crippen LogP contribution in [0, 0.1) is 24.1 Å². The Bertz CT molecular complexity index is 598. The second kappa shape index (κ2) is 5.19. The van der Waals surface area contributed by atoms with Crippen LogP contribution in [0.15, 0.2) is 23.1 Å². The lowest BCUT2D eigenvalue weighted by atomic mass is 10.3. The van der Waals surface area contributed by atoms with Crippen LogP contribution in [0.25, 0.3) is 0 Å². The van der Waals surface area contributed by atoms with Gasteiger partial charge in [-0.2, -0.15) is 4.31 Å². The highest BCUT2D eigenvalue weighted by Crippen LogP contribution is 2.31. The molecule has 0 aliphatic heterocycles. The number of halogens is 1. The smallest absolute Gasteiger partial charge is 0.244 e. The molecule has 0 bridgehead atoms. The summed E-state index contributed by atoms with van der Waals surface area (Å²) in [4.78, 5) is -0.152. The molecule has 0 unspecified atom stereocenters. The number of hydrogen-bond donors (Lipinski definition) is 1. The van der Waals surface area contributed by atoms with Gasteiger partial charge in [-0.25, -0.2) is 12.8 Å². The van der Waals surface area contributed by atoms with Gasteiger partial charge in [0.1, 0.15) is 5.82 Å². The zero-order chi connectivity index (χ0) is 14.0. The molecule has 1 saturated carbocycles. The Labute approximate surface area is 112 Å². The van der Waals surface area contributed by atoms with Crippen molar-refractivity contribution >= 4 is 15.7 Å². The first-order chi connectivity index (χ1) is 8.93. The number of hydrogen-bond acceptors (Lipinski definition) is 3. The van der Waals surface area contributed by atoms with E-state index < -0.39 is 15.8 Å². The summed E-state index contributed by atoms with van der Waals surface area (Å²) in [6.45, 7) is 0.359. The molecule has 0 spiro atoms. The Morgan fingerprint density at radius 3 is 2.63 bits per heavy atom. The third-order valence-corrected chi connectivity index (χ3v) is 4.75. The standard InChI is InChI=1S/C13H15FN2O2S/c1-2-5-16(9-10-3-4-10)19(17,18)13-7-11(14)6-12(15)8-13/h1,6-8,10H,3-5,9,15H2. The van der Waals surface area contributed by atoms with E-state index in [-0.39, 0.29) is 17.1 Å². The maximum absolute atomic E-state index is 13.3. The quantitative estimate of drug-likeness (QED) is 0.656. The molecule has 19 heavy (non-hydrogen) atoms. The van der Waals surface area contributed by atoms with Crippen LogP contribution in [0.1, 0.15) is 12.8 Å². The number of anilines is 1. The zero-order valence-electron chi connectivity index (χ0n) is 10.3. The highest BCUT2D eigenvalue weighted by atomic mass is 32.2. The van der Waals surface area contributed by atoms with E-state index in [4.69, 9.17) is 12.2 Å². The van der Waals surface area contributed by atoms with Gasteiger partial charge in [-0.3, -0.25) is 0 Å². The van der Waals surface area contributed by atoms with Gasteiger partial charge in [0.25, 0.3) is 0 Å². The fourth-order valence-electron chi connectivity index (χ4n) is 1.82. The van der Waals surface area contributed by atoms with Gasteiger partial charge < -0.3 is 5.73 Å². The Balaban J connectivity index is 2.34. The SMILES string of the molecule is C#CCN(CC1CC1)S(=O)(=O)c1cc(N)cc(F)c1. The summed E-state index contributed by atoms with van der Waals surface area (Å²) in [5, 5.41) is 0. The normalized spacial score (nSPS) is 15.4. The molecule has 1 aromatic carbocycles. The summed E-state index contributed by atoms with van der Waals surface area (Å²) in [7, 11) is -3.79. The van der Waals surface area contributed by atoms with E-state index in [0.29, 0.717) is 12.5 Å². The highest BCUT2D eigenvalue weighted by molar-refractivity contribution is 7.89. The third-order valence-electron chi connectivity index (χ3n) is 2.96. The minimum atomic E-state index is -3.79. The molecule has 1 aliphatic rings. The van der Waals surface area contributed by atoms with Gasteiger partial charge in [0.2, 0.25) is 10.0 Å². The lowest BCUT2D eigenvalue weighted by Crippen LogP contribution is -2.33. The van der Waals surface area contributed by atoms with Crippen molar-refractivity contribution < 1.29 is 12.8 Å². The minimum absolute atomic E-state index is 0.0186. The number of nitrogen functional groups attached to an aromatic ring is 1. The van der Waals surface area contributed by atoms with Gasteiger partial charge in [-0.1, -0.05) is 5.92 Å². The summed E-state index contributed by atoms with van der Waals surface area (Å²) in [6.07, 6.45) is 7.21. The Kier molecular flexibility index (Phi) is 3.78. The fourth-order valence-corrected chi connectivity index (χ4v) is 3.32. The van der Waals surface area contributed by atoms with Crippen molar-refractivity contribution in [2.24, 2.45) is 5.92 Å². The molecule has 0 atom stereocenters. The molecule has 1 aliphatic carbocycles. The Morgan fingerprint density at radius 1 is 1.42 bits per heavy atom. The van der Waals surface area contributed by atoms with Crippen molar-refractivity contribution in [1.29, 1.82) is 0 Å². The van der Waals surface area contributed by atoms with Gasteiger partial charge in [-0.05, 0) is 37.0 Å². The van der Waals surface area contributed by atoms with Crippen molar-refractivity contribution in [1.82, 2.24) is 4.31 Å². The van der Waals surface area contributed by atoms with Gasteiger partial charge in [-0.15, -0.1) is 6.42 Å². The largest absolute Gasteiger partial charge is 0.399 e. The monoisotopic (exact) mass is 282 g/mol. The lowest BCUT2D eigenvalue weighted by Gasteiger charge is -2.20. The number of sulfonamides is 1. The van der Waals surface area contributed by atoms with E-state index >= 15 is 0 Å². The Hall–Kier alpha value is -1.58. The average molecular weight is 282 g/mol. The van der Waals surface area contributed by atoms with Crippen molar-refractivity contribution in [2.45, 2.75) is 17.7 Å². The van der Waals surface area contributed by atoms with E-state index in [1.165, 1.54) is 10.4 Å². The van der Waals surface area contributed by atoms with Crippen LogP contribution >= 0.6 is 0 Å². The van der Waals surface area contributed by atoms with E-state index in [2.05, 4.69) is 5.92 Å². The fraction of sp³-hybridized carbons (Fsp3) is 0.385. The van der Waals surface area contributed by atoms with Gasteiger partial charge >= 0.3 is 0 Å². The van der Waals surface area contributed by atoms with Crippen LogP contribution in [0.3, 0.4) is 0 Å². The van der Waals surface area contributed by atoms with E-state index in [0.717, 1.165) is 25.0 Å². The number of nitrogens with zero attached hydrogens (tertiary/aromatic N) is 1. The first-order valence-corrected chi connectivity index (χ1v) is 7.37. The summed E-state index contributed by atoms with van der Waals surface area (Å²) in [6, 6.07) is 3.28. The summed E-state index contributed by atoms with van der Waals surface area (Å²) < 4.78 is 39.3. The molecule has 4 nitrogen and oxygen atoms in total. The van der Waals surface area contributed by atoms with Crippen LogP contribution in [-0.2, 0) is 10.0 Å². The molecule has 102 valence electrons. The van der Waals surface area contributed by atoms with Crippen LogP contribution in [0.5, 0.6) is 0 Å². The Morgan fingerprint density at radius 2 is 2.11 bits per heavy atom. The van der Waals surface area contributed by atoms with Crippen LogP contribution in [0.2, 0.25) is 0 Å². The molecule has 1 fully saturated rings. The summed E-state index contributed by atoms with van der Waals surface area (Å²) >= 11 is 0. The molecule has 0 heterocycles. The van der Waals surface area contributed by atoms with E-state index in [1.807, 2.05) is 0 Å². The van der Waals surface area contributed by atoms with E-state index in [9.17, 15) is 12.8 Å². The second-order valence-electron chi connectivity index (χ2n) is 4.67. The molecule has 1 aromatic rings. The minimum Gasteiger partial charge on any atom is -0.399 e. The van der Waals surface area contributed by atoms with Crippen molar-refractivity contribution in [3.05, 3.63) is 24.0 Å². The highest BCUT2D eigenvalue weighted by Gasteiger charge is 2.31. The third kappa shape index (κ3) is 3.25. The molecule has 0 amide bonds. The first kappa shape index (κ1) is 13.8. The predicted molar refractivity (Wildman–Crippen MR) is 71.1 cm³/mol. The van der Waals surface area contributed by atoms with Crippen molar-refractivity contribution in [3.63, 3.8) is 0 Å². The predicted octanol–water partition coefficient (Wildman–Crippen LogP) is 1.44. The molecule has 0 radical (unpaired) electrons. The van der Waals surface area contributed by atoms with Crippen LogP contribution in [-0.4, -0.2) is 25.8 Å². The molecule has 2 rings (SSSR count). The molecule has 0 saturated heterocycles. The molecular formula is C13H15FN2O2S. The summed E-state index contributed by atoms with van der Waals surface area (Å²) in [5.74, 6) is 2.01. The average Bonchev–Trinajstić information content (AvgIpc) is 3.11. The van der Waals surface area contributed by atoms with Gasteiger partial charge in [0.05, 0.1) is 11.4 Å². The summed E-state index contributed by atoms with van der Waals surface area (Å²) in [5.41, 5.74) is 5.56. The van der Waals surface area contributed by atoms with Crippen molar-refractivity contribution in [2.75, 3.05) is 18.8 Å². The van der Waals surface area contributed by atoms with E-state index in [1.54, 1.807) is 0 Å². The number of nitrogens with two attached hydrogens (primary N) is 1. The maximum Gasteiger partial charge on any atom is 0.244 e. The maximum atomic E-state index is 13.3. The van der Waals surface area contributed by atoms with Gasteiger partial charge in [0.15, 0.2) is 0 Å². The number of benzene rings is 1. The first-order valence-electron chi connectivity index (χ1n) is 5.93.